The average molecular weight is 278 g/mol. The van der Waals surface area contributed by atoms with E-state index in [1.165, 1.54) is 5.69 Å². The van der Waals surface area contributed by atoms with Crippen LogP contribution in [0.1, 0.15) is 26.2 Å². The van der Waals surface area contributed by atoms with Crippen LogP contribution in [0, 0.1) is 5.92 Å². The van der Waals surface area contributed by atoms with Crippen LogP contribution >= 0.6 is 0 Å². The standard InChI is InChI=1S/C16H26N2O2/c1-2-20-16-7-5-15(6-8-16)18-11-13(4-3-9-19)10-14(17)12-18/h5-8,13-14,19H,2-4,9-12,17H2,1H3. The highest BCUT2D eigenvalue weighted by molar-refractivity contribution is 5.49. The van der Waals surface area contributed by atoms with E-state index in [2.05, 4.69) is 17.0 Å². The van der Waals surface area contributed by atoms with E-state index in [1.807, 2.05) is 19.1 Å². The van der Waals surface area contributed by atoms with Crippen LogP contribution in [0.25, 0.3) is 0 Å². The lowest BCUT2D eigenvalue weighted by Gasteiger charge is -2.38. The summed E-state index contributed by atoms with van der Waals surface area (Å²) < 4.78 is 5.47. The van der Waals surface area contributed by atoms with Crippen molar-refractivity contribution in [2.45, 2.75) is 32.2 Å². The summed E-state index contributed by atoms with van der Waals surface area (Å²) in [6, 6.07) is 8.46. The Balaban J connectivity index is 1.99. The van der Waals surface area contributed by atoms with Crippen molar-refractivity contribution in [1.82, 2.24) is 0 Å². The van der Waals surface area contributed by atoms with Crippen molar-refractivity contribution in [2.24, 2.45) is 11.7 Å². The van der Waals surface area contributed by atoms with Crippen LogP contribution in [-0.2, 0) is 0 Å². The van der Waals surface area contributed by atoms with Crippen LogP contribution in [0.2, 0.25) is 0 Å². The summed E-state index contributed by atoms with van der Waals surface area (Å²) in [6.45, 7) is 4.89. The molecule has 1 fully saturated rings. The Morgan fingerprint density at radius 2 is 2.05 bits per heavy atom. The van der Waals surface area contributed by atoms with Crippen LogP contribution in [0.3, 0.4) is 0 Å². The molecule has 20 heavy (non-hydrogen) atoms. The molecular formula is C16H26N2O2. The summed E-state index contributed by atoms with van der Waals surface area (Å²) in [7, 11) is 0. The van der Waals surface area contributed by atoms with Crippen LogP contribution < -0.4 is 15.4 Å². The molecule has 2 unspecified atom stereocenters. The Hall–Kier alpha value is -1.26. The molecule has 2 atom stereocenters. The van der Waals surface area contributed by atoms with E-state index in [0.29, 0.717) is 12.5 Å². The van der Waals surface area contributed by atoms with Crippen molar-refractivity contribution in [3.05, 3.63) is 24.3 Å². The fourth-order valence-electron chi connectivity index (χ4n) is 2.97. The lowest BCUT2D eigenvalue weighted by molar-refractivity contribution is 0.259. The summed E-state index contributed by atoms with van der Waals surface area (Å²) >= 11 is 0. The molecule has 0 bridgehead atoms. The molecule has 112 valence electrons. The molecule has 0 amide bonds. The van der Waals surface area contributed by atoms with Crippen molar-refractivity contribution in [3.8, 4) is 5.75 Å². The van der Waals surface area contributed by atoms with Gasteiger partial charge in [0.2, 0.25) is 0 Å². The number of nitrogens with zero attached hydrogens (tertiary/aromatic N) is 1. The number of aliphatic hydroxyl groups is 1. The van der Waals surface area contributed by atoms with Crippen molar-refractivity contribution < 1.29 is 9.84 Å². The number of rotatable bonds is 6. The molecule has 1 aliphatic rings. The SMILES string of the molecule is CCOc1ccc(N2CC(N)CC(CCCO)C2)cc1. The number of ether oxygens (including phenoxy) is 1. The van der Waals surface area contributed by atoms with Crippen molar-refractivity contribution >= 4 is 5.69 Å². The zero-order chi connectivity index (χ0) is 14.4. The van der Waals surface area contributed by atoms with Gasteiger partial charge in [-0.05, 0) is 56.4 Å². The first-order chi connectivity index (χ1) is 9.72. The summed E-state index contributed by atoms with van der Waals surface area (Å²) in [6.07, 6.45) is 2.99. The van der Waals surface area contributed by atoms with Gasteiger partial charge >= 0.3 is 0 Å². The second kappa shape index (κ2) is 7.50. The van der Waals surface area contributed by atoms with E-state index in [1.54, 1.807) is 0 Å². The maximum absolute atomic E-state index is 8.97. The van der Waals surface area contributed by atoms with Crippen LogP contribution in [-0.4, -0.2) is 37.5 Å². The van der Waals surface area contributed by atoms with Gasteiger partial charge in [-0.3, -0.25) is 0 Å². The smallest absolute Gasteiger partial charge is 0.119 e. The van der Waals surface area contributed by atoms with Gasteiger partial charge in [0.1, 0.15) is 5.75 Å². The Kier molecular flexibility index (Phi) is 5.68. The van der Waals surface area contributed by atoms with E-state index < -0.39 is 0 Å². The Bertz CT molecular complexity index is 394. The molecule has 3 N–H and O–H groups in total. The van der Waals surface area contributed by atoms with E-state index in [4.69, 9.17) is 15.6 Å². The van der Waals surface area contributed by atoms with Gasteiger partial charge in [0.15, 0.2) is 0 Å². The molecule has 1 aromatic carbocycles. The second-order valence-electron chi connectivity index (χ2n) is 5.56. The summed E-state index contributed by atoms with van der Waals surface area (Å²) in [5.41, 5.74) is 7.38. The third-order valence-electron chi connectivity index (χ3n) is 3.85. The van der Waals surface area contributed by atoms with E-state index >= 15 is 0 Å². The molecule has 2 rings (SSSR count). The van der Waals surface area contributed by atoms with Gasteiger partial charge in [-0.1, -0.05) is 0 Å². The first-order valence-electron chi connectivity index (χ1n) is 7.57. The van der Waals surface area contributed by atoms with Crippen LogP contribution in [0.5, 0.6) is 5.75 Å². The van der Waals surface area contributed by atoms with Crippen molar-refractivity contribution in [2.75, 3.05) is 31.2 Å². The maximum atomic E-state index is 8.97. The molecular weight excluding hydrogens is 252 g/mol. The number of piperidine rings is 1. The van der Waals surface area contributed by atoms with E-state index in [-0.39, 0.29) is 12.6 Å². The molecule has 1 heterocycles. The summed E-state index contributed by atoms with van der Waals surface area (Å²) in [5.74, 6) is 1.49. The zero-order valence-electron chi connectivity index (χ0n) is 12.3. The monoisotopic (exact) mass is 278 g/mol. The van der Waals surface area contributed by atoms with Gasteiger partial charge in [-0.2, -0.15) is 0 Å². The minimum Gasteiger partial charge on any atom is -0.494 e. The number of anilines is 1. The summed E-state index contributed by atoms with van der Waals surface area (Å²) in [5, 5.41) is 8.97. The largest absolute Gasteiger partial charge is 0.494 e. The summed E-state index contributed by atoms with van der Waals surface area (Å²) in [4.78, 5) is 2.35. The number of hydrogen-bond acceptors (Lipinski definition) is 4. The second-order valence-corrected chi connectivity index (χ2v) is 5.56. The minimum absolute atomic E-state index is 0.221. The minimum atomic E-state index is 0.221. The molecule has 0 aliphatic carbocycles. The van der Waals surface area contributed by atoms with E-state index in [9.17, 15) is 0 Å². The third kappa shape index (κ3) is 4.12. The highest BCUT2D eigenvalue weighted by Gasteiger charge is 2.24. The third-order valence-corrected chi connectivity index (χ3v) is 3.85. The molecule has 1 saturated heterocycles. The van der Waals surface area contributed by atoms with Gasteiger partial charge in [-0.25, -0.2) is 0 Å². The van der Waals surface area contributed by atoms with Gasteiger partial charge in [0.05, 0.1) is 6.61 Å². The fraction of sp³-hybridized carbons (Fsp3) is 0.625. The quantitative estimate of drug-likeness (QED) is 0.836. The van der Waals surface area contributed by atoms with E-state index in [0.717, 1.165) is 38.1 Å². The fourth-order valence-corrected chi connectivity index (χ4v) is 2.97. The lowest BCUT2D eigenvalue weighted by atomic mass is 9.90. The Labute approximate surface area is 121 Å². The highest BCUT2D eigenvalue weighted by Crippen LogP contribution is 2.26. The Morgan fingerprint density at radius 1 is 1.30 bits per heavy atom. The van der Waals surface area contributed by atoms with Crippen LogP contribution in [0.15, 0.2) is 24.3 Å². The first-order valence-corrected chi connectivity index (χ1v) is 7.57. The molecule has 0 aromatic heterocycles. The number of nitrogens with two attached hydrogens (primary N) is 1. The molecule has 4 nitrogen and oxygen atoms in total. The molecule has 1 aliphatic heterocycles. The zero-order valence-corrected chi connectivity index (χ0v) is 12.3. The predicted octanol–water partition coefficient (Wildman–Crippen LogP) is 2.01. The normalized spacial score (nSPS) is 22.9. The first kappa shape index (κ1) is 15.1. The molecule has 0 spiro atoms. The topological polar surface area (TPSA) is 58.7 Å². The van der Waals surface area contributed by atoms with Gasteiger partial charge in [-0.15, -0.1) is 0 Å². The number of benzene rings is 1. The molecule has 4 heteroatoms. The molecule has 1 aromatic rings. The van der Waals surface area contributed by atoms with Gasteiger partial charge < -0.3 is 20.5 Å². The molecule has 0 saturated carbocycles. The van der Waals surface area contributed by atoms with Crippen molar-refractivity contribution in [1.29, 1.82) is 0 Å². The predicted molar refractivity (Wildman–Crippen MR) is 82.2 cm³/mol. The van der Waals surface area contributed by atoms with Crippen LogP contribution in [0.4, 0.5) is 5.69 Å². The maximum Gasteiger partial charge on any atom is 0.119 e. The number of aliphatic hydroxyl groups excluding tert-OH is 1. The molecule has 0 radical (unpaired) electrons. The lowest BCUT2D eigenvalue weighted by Crippen LogP contribution is -2.47. The highest BCUT2D eigenvalue weighted by atomic mass is 16.5. The number of hydrogen-bond donors (Lipinski definition) is 2. The Morgan fingerprint density at radius 3 is 2.70 bits per heavy atom. The van der Waals surface area contributed by atoms with Crippen molar-refractivity contribution in [3.63, 3.8) is 0 Å². The average Bonchev–Trinajstić information content (AvgIpc) is 2.46. The van der Waals surface area contributed by atoms with Gasteiger partial charge in [0.25, 0.3) is 0 Å². The van der Waals surface area contributed by atoms with Gasteiger partial charge in [0, 0.05) is 31.4 Å².